The first-order valence-electron chi connectivity index (χ1n) is 6.81. The number of carbonyl (C=O) groups is 2. The molecule has 2 N–H and O–H groups in total. The van der Waals surface area contributed by atoms with Gasteiger partial charge >= 0.3 is 12.0 Å². The van der Waals surface area contributed by atoms with E-state index in [-0.39, 0.29) is 6.03 Å². The number of carboxylic acid groups (broad SMARTS) is 1. The minimum absolute atomic E-state index is 0.287. The first-order chi connectivity index (χ1) is 9.08. The SMILES string of the molecule is C#CCCCNC(=O)N1CCCC1(CCC)C(=O)O. The van der Waals surface area contributed by atoms with E-state index in [1.807, 2.05) is 6.92 Å². The molecule has 1 saturated heterocycles. The zero-order chi connectivity index (χ0) is 14.3. The summed E-state index contributed by atoms with van der Waals surface area (Å²) >= 11 is 0. The number of nitrogens with one attached hydrogen (secondary N) is 1. The fourth-order valence-electron chi connectivity index (χ4n) is 2.66. The van der Waals surface area contributed by atoms with Gasteiger partial charge in [-0.05, 0) is 25.7 Å². The van der Waals surface area contributed by atoms with E-state index in [0.717, 1.165) is 12.8 Å². The molecule has 0 aromatic carbocycles. The van der Waals surface area contributed by atoms with Crippen LogP contribution in [-0.2, 0) is 4.79 Å². The Kier molecular flexibility index (Phi) is 5.68. The highest BCUT2D eigenvalue weighted by Crippen LogP contribution is 2.33. The largest absolute Gasteiger partial charge is 0.479 e. The summed E-state index contributed by atoms with van der Waals surface area (Å²) in [5.41, 5.74) is -1.02. The van der Waals surface area contributed by atoms with E-state index in [1.54, 1.807) is 0 Å². The van der Waals surface area contributed by atoms with Gasteiger partial charge in [0.25, 0.3) is 0 Å². The van der Waals surface area contributed by atoms with Gasteiger partial charge in [-0.15, -0.1) is 12.3 Å². The Balaban J connectivity index is 2.66. The van der Waals surface area contributed by atoms with Gasteiger partial charge in [0.15, 0.2) is 0 Å². The van der Waals surface area contributed by atoms with Crippen LogP contribution in [0.4, 0.5) is 4.79 Å². The fourth-order valence-corrected chi connectivity index (χ4v) is 2.66. The molecule has 0 radical (unpaired) electrons. The first kappa shape index (κ1) is 15.4. The van der Waals surface area contributed by atoms with Gasteiger partial charge < -0.3 is 15.3 Å². The van der Waals surface area contributed by atoms with Gasteiger partial charge in [0.1, 0.15) is 5.54 Å². The Morgan fingerprint density at radius 1 is 1.53 bits per heavy atom. The number of likely N-dealkylation sites (tertiary alicyclic amines) is 1. The molecule has 0 aromatic heterocycles. The second-order valence-corrected chi connectivity index (χ2v) is 4.88. The topological polar surface area (TPSA) is 69.6 Å². The summed E-state index contributed by atoms with van der Waals surface area (Å²) in [6, 6.07) is -0.287. The van der Waals surface area contributed by atoms with E-state index in [4.69, 9.17) is 6.42 Å². The van der Waals surface area contributed by atoms with Gasteiger partial charge in [-0.25, -0.2) is 9.59 Å². The molecule has 1 aliphatic rings. The number of carbonyl (C=O) groups excluding carboxylic acids is 1. The van der Waals surface area contributed by atoms with Crippen LogP contribution < -0.4 is 5.32 Å². The van der Waals surface area contributed by atoms with Crippen molar-refractivity contribution in [2.45, 2.75) is 51.0 Å². The van der Waals surface area contributed by atoms with Crippen molar-refractivity contribution in [2.75, 3.05) is 13.1 Å². The van der Waals surface area contributed by atoms with Crippen molar-refractivity contribution in [3.63, 3.8) is 0 Å². The van der Waals surface area contributed by atoms with Crippen LogP contribution in [0.25, 0.3) is 0 Å². The van der Waals surface area contributed by atoms with Crippen LogP contribution in [0.15, 0.2) is 0 Å². The summed E-state index contributed by atoms with van der Waals surface area (Å²) < 4.78 is 0. The predicted octanol–water partition coefficient (Wildman–Crippen LogP) is 1.83. The van der Waals surface area contributed by atoms with E-state index < -0.39 is 11.5 Å². The molecule has 1 rings (SSSR count). The Morgan fingerprint density at radius 3 is 2.84 bits per heavy atom. The van der Waals surface area contributed by atoms with E-state index in [2.05, 4.69) is 11.2 Å². The highest BCUT2D eigenvalue weighted by Gasteiger charge is 2.49. The Bertz CT molecular complexity index is 375. The van der Waals surface area contributed by atoms with Gasteiger partial charge in [0.05, 0.1) is 0 Å². The maximum atomic E-state index is 12.1. The van der Waals surface area contributed by atoms with Crippen molar-refractivity contribution in [2.24, 2.45) is 0 Å². The summed E-state index contributed by atoms with van der Waals surface area (Å²) in [5.74, 6) is 1.61. The van der Waals surface area contributed by atoms with Crippen LogP contribution in [-0.4, -0.2) is 40.6 Å². The number of amides is 2. The van der Waals surface area contributed by atoms with Crippen molar-refractivity contribution in [1.29, 1.82) is 0 Å². The summed E-state index contributed by atoms with van der Waals surface area (Å²) in [7, 11) is 0. The van der Waals surface area contributed by atoms with Gasteiger partial charge in [-0.2, -0.15) is 0 Å². The quantitative estimate of drug-likeness (QED) is 0.569. The van der Waals surface area contributed by atoms with Crippen molar-refractivity contribution in [3.8, 4) is 12.3 Å². The van der Waals surface area contributed by atoms with Crippen molar-refractivity contribution in [3.05, 3.63) is 0 Å². The molecule has 0 aromatic rings. The number of aliphatic carboxylic acids is 1. The summed E-state index contributed by atoms with van der Waals surface area (Å²) in [6.45, 7) is 2.93. The number of hydrogen-bond acceptors (Lipinski definition) is 2. The number of hydrogen-bond donors (Lipinski definition) is 2. The van der Waals surface area contributed by atoms with Gasteiger partial charge in [0.2, 0.25) is 0 Å². The molecule has 19 heavy (non-hydrogen) atoms. The van der Waals surface area contributed by atoms with Crippen LogP contribution >= 0.6 is 0 Å². The average Bonchev–Trinajstić information content (AvgIpc) is 2.80. The summed E-state index contributed by atoms with van der Waals surface area (Å²) in [6.07, 6.45) is 8.98. The van der Waals surface area contributed by atoms with Gasteiger partial charge in [-0.1, -0.05) is 13.3 Å². The molecule has 1 heterocycles. The highest BCUT2D eigenvalue weighted by molar-refractivity contribution is 5.87. The molecule has 0 aliphatic carbocycles. The zero-order valence-electron chi connectivity index (χ0n) is 11.4. The monoisotopic (exact) mass is 266 g/mol. The molecular weight excluding hydrogens is 244 g/mol. The zero-order valence-corrected chi connectivity index (χ0v) is 11.4. The summed E-state index contributed by atoms with van der Waals surface area (Å²) in [5, 5.41) is 12.2. The van der Waals surface area contributed by atoms with Crippen LogP contribution in [0.2, 0.25) is 0 Å². The molecular formula is C14H22N2O3. The smallest absolute Gasteiger partial charge is 0.329 e. The van der Waals surface area contributed by atoms with E-state index >= 15 is 0 Å². The molecule has 106 valence electrons. The van der Waals surface area contributed by atoms with Crippen molar-refractivity contribution in [1.82, 2.24) is 10.2 Å². The number of urea groups is 1. The fraction of sp³-hybridized carbons (Fsp3) is 0.714. The average molecular weight is 266 g/mol. The molecule has 2 amide bonds. The number of carboxylic acids is 1. The number of unbranched alkanes of at least 4 members (excludes halogenated alkanes) is 1. The molecule has 0 saturated carbocycles. The van der Waals surface area contributed by atoms with Crippen LogP contribution in [0.5, 0.6) is 0 Å². The lowest BCUT2D eigenvalue weighted by Crippen LogP contribution is -2.56. The number of terminal acetylenes is 1. The third-order valence-electron chi connectivity index (χ3n) is 3.57. The first-order valence-corrected chi connectivity index (χ1v) is 6.81. The molecule has 1 unspecified atom stereocenters. The van der Waals surface area contributed by atoms with Crippen LogP contribution in [0, 0.1) is 12.3 Å². The lowest BCUT2D eigenvalue weighted by atomic mass is 9.91. The molecule has 1 atom stereocenters. The third kappa shape index (κ3) is 3.40. The third-order valence-corrected chi connectivity index (χ3v) is 3.57. The molecule has 5 heteroatoms. The van der Waals surface area contributed by atoms with Gasteiger partial charge in [0, 0.05) is 19.5 Å². The normalized spacial score (nSPS) is 22.0. The molecule has 0 bridgehead atoms. The van der Waals surface area contributed by atoms with Crippen LogP contribution in [0.1, 0.15) is 45.4 Å². The second-order valence-electron chi connectivity index (χ2n) is 4.88. The second kappa shape index (κ2) is 7.03. The maximum absolute atomic E-state index is 12.1. The number of rotatable bonds is 6. The Morgan fingerprint density at radius 2 is 2.26 bits per heavy atom. The minimum atomic E-state index is -1.02. The van der Waals surface area contributed by atoms with Gasteiger partial charge in [-0.3, -0.25) is 0 Å². The molecule has 0 spiro atoms. The van der Waals surface area contributed by atoms with Crippen molar-refractivity contribution >= 4 is 12.0 Å². The Labute approximate surface area is 114 Å². The van der Waals surface area contributed by atoms with Crippen LogP contribution in [0.3, 0.4) is 0 Å². The Hall–Kier alpha value is -1.70. The molecule has 1 aliphatic heterocycles. The maximum Gasteiger partial charge on any atom is 0.329 e. The predicted molar refractivity (Wildman–Crippen MR) is 72.7 cm³/mol. The minimum Gasteiger partial charge on any atom is -0.479 e. The standard InChI is InChI=1S/C14H22N2O3/c1-3-5-6-10-15-13(19)16-11-7-9-14(16,8-4-2)12(17)18/h1H,4-11H2,2H3,(H,15,19)(H,17,18). The van der Waals surface area contributed by atoms with E-state index in [1.165, 1.54) is 4.90 Å². The van der Waals surface area contributed by atoms with Crippen molar-refractivity contribution < 1.29 is 14.7 Å². The number of nitrogens with zero attached hydrogens (tertiary/aromatic N) is 1. The molecule has 1 fully saturated rings. The lowest BCUT2D eigenvalue weighted by Gasteiger charge is -2.34. The van der Waals surface area contributed by atoms with E-state index in [9.17, 15) is 14.7 Å². The lowest BCUT2D eigenvalue weighted by molar-refractivity contribution is -0.148. The highest BCUT2D eigenvalue weighted by atomic mass is 16.4. The summed E-state index contributed by atoms with van der Waals surface area (Å²) in [4.78, 5) is 25.1. The van der Waals surface area contributed by atoms with E-state index in [0.29, 0.717) is 38.8 Å². The molecule has 5 nitrogen and oxygen atoms in total.